The van der Waals surface area contributed by atoms with Crippen LogP contribution in [-0.2, 0) is 4.79 Å². The highest BCUT2D eigenvalue weighted by atomic mass is 19.1. The van der Waals surface area contributed by atoms with Gasteiger partial charge < -0.3 is 10.4 Å². The molecule has 0 aliphatic carbocycles. The van der Waals surface area contributed by atoms with E-state index in [9.17, 15) is 24.1 Å². The predicted molar refractivity (Wildman–Crippen MR) is 71.4 cm³/mol. The van der Waals surface area contributed by atoms with E-state index in [1.54, 1.807) is 20.8 Å². The molecule has 1 rings (SSSR count). The van der Waals surface area contributed by atoms with E-state index in [1.807, 2.05) is 0 Å². The molecule has 0 fully saturated rings. The summed E-state index contributed by atoms with van der Waals surface area (Å²) in [5.41, 5.74) is -1.72. The number of hydrogen-bond donors (Lipinski definition) is 2. The molecule has 8 heteroatoms. The lowest BCUT2D eigenvalue weighted by Crippen LogP contribution is -2.49. The molecule has 0 aromatic heterocycles. The van der Waals surface area contributed by atoms with Crippen molar-refractivity contribution in [3.8, 4) is 0 Å². The maximum Gasteiger partial charge on any atom is 0.326 e. The number of benzene rings is 1. The molecule has 0 spiro atoms. The SMILES string of the molecule is CC(C)(C)[C@@H](NC(=O)c1ccc([N+](=O)[O-])cc1F)C(=O)O. The van der Waals surface area contributed by atoms with Crippen LogP contribution in [0.15, 0.2) is 18.2 Å². The molecule has 0 unspecified atom stereocenters. The molecule has 0 saturated carbocycles. The minimum absolute atomic E-state index is 0.448. The maximum atomic E-state index is 13.7. The lowest BCUT2D eigenvalue weighted by Gasteiger charge is -2.27. The number of halogens is 1. The van der Waals surface area contributed by atoms with Gasteiger partial charge in [-0.05, 0) is 11.5 Å². The lowest BCUT2D eigenvalue weighted by atomic mass is 9.86. The second-order valence-corrected chi connectivity index (χ2v) is 5.53. The zero-order chi connectivity index (χ0) is 16.4. The normalized spacial score (nSPS) is 12.6. The second-order valence-electron chi connectivity index (χ2n) is 5.53. The minimum Gasteiger partial charge on any atom is -0.480 e. The highest BCUT2D eigenvalue weighted by molar-refractivity contribution is 5.97. The molecule has 0 radical (unpaired) electrons. The van der Waals surface area contributed by atoms with E-state index in [2.05, 4.69) is 5.32 Å². The minimum atomic E-state index is -1.25. The van der Waals surface area contributed by atoms with Crippen molar-refractivity contribution in [2.45, 2.75) is 26.8 Å². The summed E-state index contributed by atoms with van der Waals surface area (Å²) < 4.78 is 13.7. The van der Waals surface area contributed by atoms with Gasteiger partial charge in [-0.25, -0.2) is 9.18 Å². The van der Waals surface area contributed by atoms with E-state index < -0.39 is 45.3 Å². The van der Waals surface area contributed by atoms with Crippen LogP contribution in [0.25, 0.3) is 0 Å². The van der Waals surface area contributed by atoms with E-state index in [1.165, 1.54) is 0 Å². The number of carbonyl (C=O) groups is 2. The first kappa shape index (κ1) is 16.5. The summed E-state index contributed by atoms with van der Waals surface area (Å²) >= 11 is 0. The second kappa shape index (κ2) is 5.86. The molecule has 0 saturated heterocycles. The summed E-state index contributed by atoms with van der Waals surface area (Å²) in [6, 6.07) is 1.32. The smallest absolute Gasteiger partial charge is 0.326 e. The molecular formula is C13H15FN2O5. The van der Waals surface area contributed by atoms with Gasteiger partial charge in [-0.2, -0.15) is 0 Å². The van der Waals surface area contributed by atoms with Crippen LogP contribution < -0.4 is 5.32 Å². The summed E-state index contributed by atoms with van der Waals surface area (Å²) in [6.07, 6.45) is 0. The summed E-state index contributed by atoms with van der Waals surface area (Å²) in [4.78, 5) is 32.8. The Morgan fingerprint density at radius 2 is 1.95 bits per heavy atom. The first-order chi connectivity index (χ1) is 9.54. The number of carboxylic acid groups (broad SMARTS) is 1. The standard InChI is InChI=1S/C13H15FN2O5/c1-13(2,3)10(12(18)19)15-11(17)8-5-4-7(16(20)21)6-9(8)14/h4-6,10H,1-3H3,(H,15,17)(H,18,19)/t10-/m0/s1. The fraction of sp³-hybridized carbons (Fsp3) is 0.385. The fourth-order valence-electron chi connectivity index (χ4n) is 1.66. The van der Waals surface area contributed by atoms with Gasteiger partial charge >= 0.3 is 5.97 Å². The number of non-ortho nitro benzene ring substituents is 1. The fourth-order valence-corrected chi connectivity index (χ4v) is 1.66. The number of nitrogens with zero attached hydrogens (tertiary/aromatic N) is 1. The highest BCUT2D eigenvalue weighted by Gasteiger charge is 2.33. The average molecular weight is 298 g/mol. The number of carboxylic acids is 1. The quantitative estimate of drug-likeness (QED) is 0.652. The van der Waals surface area contributed by atoms with Gasteiger partial charge in [0.05, 0.1) is 16.6 Å². The maximum absolute atomic E-state index is 13.7. The van der Waals surface area contributed by atoms with Gasteiger partial charge in [0, 0.05) is 6.07 Å². The van der Waals surface area contributed by atoms with Crippen molar-refractivity contribution in [2.24, 2.45) is 5.41 Å². The highest BCUT2D eigenvalue weighted by Crippen LogP contribution is 2.21. The number of nitrogens with one attached hydrogen (secondary N) is 1. The third-order valence-electron chi connectivity index (χ3n) is 2.80. The third kappa shape index (κ3) is 3.98. The molecule has 0 aliphatic heterocycles. The van der Waals surface area contributed by atoms with Crippen LogP contribution >= 0.6 is 0 Å². The number of aliphatic carboxylic acids is 1. The Kier molecular flexibility index (Phi) is 4.62. The number of rotatable bonds is 4. The monoisotopic (exact) mass is 298 g/mol. The van der Waals surface area contributed by atoms with Gasteiger partial charge in [0.1, 0.15) is 11.9 Å². The number of nitro benzene ring substituents is 1. The predicted octanol–water partition coefficient (Wildman–Crippen LogP) is 1.96. The van der Waals surface area contributed by atoms with Crippen molar-refractivity contribution in [3.05, 3.63) is 39.7 Å². The summed E-state index contributed by atoms with van der Waals surface area (Å²) in [7, 11) is 0. The molecule has 1 atom stereocenters. The van der Waals surface area contributed by atoms with Crippen LogP contribution in [-0.4, -0.2) is 27.9 Å². The Bertz CT molecular complexity index is 595. The molecule has 1 aromatic carbocycles. The molecule has 21 heavy (non-hydrogen) atoms. The first-order valence-corrected chi connectivity index (χ1v) is 6.01. The Labute approximate surface area is 119 Å². The van der Waals surface area contributed by atoms with E-state index in [0.717, 1.165) is 12.1 Å². The zero-order valence-electron chi connectivity index (χ0n) is 11.7. The number of nitro groups is 1. The van der Waals surface area contributed by atoms with Crippen molar-refractivity contribution in [1.82, 2.24) is 5.32 Å². The molecule has 7 nitrogen and oxygen atoms in total. The Morgan fingerprint density at radius 3 is 2.33 bits per heavy atom. The lowest BCUT2D eigenvalue weighted by molar-refractivity contribution is -0.385. The van der Waals surface area contributed by atoms with E-state index in [-0.39, 0.29) is 0 Å². The van der Waals surface area contributed by atoms with Gasteiger partial charge in [-0.15, -0.1) is 0 Å². The van der Waals surface area contributed by atoms with Gasteiger partial charge in [-0.3, -0.25) is 14.9 Å². The van der Waals surface area contributed by atoms with Gasteiger partial charge in [-0.1, -0.05) is 20.8 Å². The van der Waals surface area contributed by atoms with Crippen LogP contribution in [0.1, 0.15) is 31.1 Å². The van der Waals surface area contributed by atoms with Gasteiger partial charge in [0.2, 0.25) is 0 Å². The molecule has 1 aromatic rings. The topological polar surface area (TPSA) is 110 Å². The van der Waals surface area contributed by atoms with Crippen LogP contribution in [0.2, 0.25) is 0 Å². The number of carbonyl (C=O) groups excluding carboxylic acids is 1. The van der Waals surface area contributed by atoms with Crippen molar-refractivity contribution in [2.75, 3.05) is 0 Å². The van der Waals surface area contributed by atoms with E-state index >= 15 is 0 Å². The number of amides is 1. The van der Waals surface area contributed by atoms with Gasteiger partial charge in [0.25, 0.3) is 11.6 Å². The molecular weight excluding hydrogens is 283 g/mol. The third-order valence-corrected chi connectivity index (χ3v) is 2.80. The van der Waals surface area contributed by atoms with Crippen molar-refractivity contribution in [3.63, 3.8) is 0 Å². The molecule has 0 heterocycles. The van der Waals surface area contributed by atoms with E-state index in [0.29, 0.717) is 6.07 Å². The molecule has 114 valence electrons. The van der Waals surface area contributed by atoms with Crippen LogP contribution in [0, 0.1) is 21.3 Å². The number of hydrogen-bond acceptors (Lipinski definition) is 4. The van der Waals surface area contributed by atoms with Crippen LogP contribution in [0.3, 0.4) is 0 Å². The van der Waals surface area contributed by atoms with Crippen LogP contribution in [0.4, 0.5) is 10.1 Å². The van der Waals surface area contributed by atoms with Gasteiger partial charge in [0.15, 0.2) is 0 Å². The Morgan fingerprint density at radius 1 is 1.38 bits per heavy atom. The molecule has 0 aliphatic rings. The largest absolute Gasteiger partial charge is 0.480 e. The first-order valence-electron chi connectivity index (χ1n) is 6.01. The summed E-state index contributed by atoms with van der Waals surface area (Å²) in [5, 5.41) is 21.8. The van der Waals surface area contributed by atoms with Crippen molar-refractivity contribution in [1.29, 1.82) is 0 Å². The Hall–Kier alpha value is -2.51. The van der Waals surface area contributed by atoms with E-state index in [4.69, 9.17) is 5.11 Å². The Balaban J connectivity index is 3.04. The molecule has 0 bridgehead atoms. The average Bonchev–Trinajstić information content (AvgIpc) is 2.33. The van der Waals surface area contributed by atoms with Crippen LogP contribution in [0.5, 0.6) is 0 Å². The summed E-state index contributed by atoms with van der Waals surface area (Å²) in [6.45, 7) is 4.83. The van der Waals surface area contributed by atoms with Crippen molar-refractivity contribution < 1.29 is 24.0 Å². The summed E-state index contributed by atoms with van der Waals surface area (Å²) in [5.74, 6) is -3.28. The molecule has 1 amide bonds. The zero-order valence-corrected chi connectivity index (χ0v) is 11.7. The molecule has 2 N–H and O–H groups in total. The van der Waals surface area contributed by atoms with Crippen molar-refractivity contribution >= 4 is 17.6 Å².